The Morgan fingerprint density at radius 2 is 0.684 bits per heavy atom. The molecule has 0 saturated heterocycles. The Morgan fingerprint density at radius 1 is 0.289 bits per heavy atom. The summed E-state index contributed by atoms with van der Waals surface area (Å²) in [6, 6.07) is 45.1. The minimum atomic E-state index is 1.24. The lowest BCUT2D eigenvalue weighted by Crippen LogP contribution is -1.91. The summed E-state index contributed by atoms with van der Waals surface area (Å²) in [6.07, 6.45) is 0. The van der Waals surface area contributed by atoms with Gasteiger partial charge in [-0.25, -0.2) is 0 Å². The van der Waals surface area contributed by atoms with Crippen LogP contribution in [0.2, 0.25) is 0 Å². The van der Waals surface area contributed by atoms with E-state index in [1.54, 1.807) is 0 Å². The van der Waals surface area contributed by atoms with Crippen molar-refractivity contribution in [2.75, 3.05) is 0 Å². The SMILES string of the molecule is Cc1ccc(-c2cc(-c3cccc(C)c3)cc3c(-c4ccc(C)cc4)cc(-c4cccc(C)c4)cc23)cc1. The highest BCUT2D eigenvalue weighted by molar-refractivity contribution is 6.09. The Kier molecular flexibility index (Phi) is 6.18. The molecule has 184 valence electrons. The Labute approximate surface area is 226 Å². The Hall–Kier alpha value is -4.42. The van der Waals surface area contributed by atoms with Crippen LogP contribution >= 0.6 is 0 Å². The molecule has 0 heteroatoms. The first kappa shape index (κ1) is 23.9. The molecule has 0 atom stereocenters. The van der Waals surface area contributed by atoms with Crippen molar-refractivity contribution in [1.82, 2.24) is 0 Å². The summed E-state index contributed by atoms with van der Waals surface area (Å²) in [5.74, 6) is 0. The van der Waals surface area contributed by atoms with E-state index in [9.17, 15) is 0 Å². The fourth-order valence-electron chi connectivity index (χ4n) is 5.39. The van der Waals surface area contributed by atoms with Crippen LogP contribution in [0.4, 0.5) is 0 Å². The van der Waals surface area contributed by atoms with Crippen LogP contribution in [0.5, 0.6) is 0 Å². The number of fused-ring (bicyclic) bond motifs is 1. The molecule has 0 nitrogen and oxygen atoms in total. The Bertz CT molecular complexity index is 1630. The van der Waals surface area contributed by atoms with Crippen molar-refractivity contribution >= 4 is 10.8 Å². The molecule has 0 aliphatic heterocycles. The molecule has 0 radical (unpaired) electrons. The third kappa shape index (κ3) is 4.66. The van der Waals surface area contributed by atoms with Crippen molar-refractivity contribution in [3.63, 3.8) is 0 Å². The maximum absolute atomic E-state index is 2.39. The highest BCUT2D eigenvalue weighted by Crippen LogP contribution is 2.42. The standard InChI is InChI=1S/C38H32/c1-25-11-15-29(16-12-25)35-21-33(31-9-5-7-27(3)19-31)24-38-36(30-17-13-26(2)14-18-30)22-34(23-37(35)38)32-10-6-8-28(4)20-32/h5-24H,1-4H3. The zero-order valence-corrected chi connectivity index (χ0v) is 22.5. The van der Waals surface area contributed by atoms with E-state index in [4.69, 9.17) is 0 Å². The van der Waals surface area contributed by atoms with Gasteiger partial charge in [-0.3, -0.25) is 0 Å². The van der Waals surface area contributed by atoms with E-state index >= 15 is 0 Å². The fraction of sp³-hybridized carbons (Fsp3) is 0.105. The quantitative estimate of drug-likeness (QED) is 0.231. The normalized spacial score (nSPS) is 11.2. The highest BCUT2D eigenvalue weighted by atomic mass is 14.2. The lowest BCUT2D eigenvalue weighted by molar-refractivity contribution is 1.46. The lowest BCUT2D eigenvalue weighted by atomic mass is 9.86. The van der Waals surface area contributed by atoms with Crippen LogP contribution in [0, 0.1) is 27.7 Å². The highest BCUT2D eigenvalue weighted by Gasteiger charge is 2.15. The molecule has 0 amide bonds. The van der Waals surface area contributed by atoms with Crippen molar-refractivity contribution in [2.24, 2.45) is 0 Å². The van der Waals surface area contributed by atoms with Gasteiger partial charge in [-0.05, 0) is 107 Å². The van der Waals surface area contributed by atoms with Crippen LogP contribution in [0.25, 0.3) is 55.3 Å². The van der Waals surface area contributed by atoms with E-state index in [1.165, 1.54) is 77.5 Å². The average molecular weight is 489 g/mol. The van der Waals surface area contributed by atoms with Crippen LogP contribution < -0.4 is 0 Å². The van der Waals surface area contributed by atoms with E-state index < -0.39 is 0 Å². The minimum Gasteiger partial charge on any atom is -0.0614 e. The predicted octanol–water partition coefficient (Wildman–Crippen LogP) is 10.7. The second-order valence-corrected chi connectivity index (χ2v) is 10.6. The molecule has 0 saturated carbocycles. The molecule has 0 unspecified atom stereocenters. The van der Waals surface area contributed by atoms with E-state index in [0.29, 0.717) is 0 Å². The summed E-state index contributed by atoms with van der Waals surface area (Å²) in [7, 11) is 0. The van der Waals surface area contributed by atoms with Gasteiger partial charge < -0.3 is 0 Å². The summed E-state index contributed by atoms with van der Waals surface area (Å²) in [4.78, 5) is 0. The number of hydrogen-bond acceptors (Lipinski definition) is 0. The van der Waals surface area contributed by atoms with Gasteiger partial charge in [-0.2, -0.15) is 0 Å². The molecule has 0 aromatic heterocycles. The van der Waals surface area contributed by atoms with Gasteiger partial charge in [-0.1, -0.05) is 119 Å². The molecule has 6 aromatic carbocycles. The zero-order valence-electron chi connectivity index (χ0n) is 22.5. The van der Waals surface area contributed by atoms with Gasteiger partial charge in [0.2, 0.25) is 0 Å². The van der Waals surface area contributed by atoms with Gasteiger partial charge >= 0.3 is 0 Å². The molecule has 6 rings (SSSR count). The van der Waals surface area contributed by atoms with E-state index in [1.807, 2.05) is 0 Å². The molecule has 6 aromatic rings. The van der Waals surface area contributed by atoms with Crippen LogP contribution in [0.3, 0.4) is 0 Å². The van der Waals surface area contributed by atoms with Gasteiger partial charge in [0.05, 0.1) is 0 Å². The molecule has 0 N–H and O–H groups in total. The van der Waals surface area contributed by atoms with E-state index in [-0.39, 0.29) is 0 Å². The molecule has 0 aliphatic rings. The van der Waals surface area contributed by atoms with Crippen LogP contribution in [-0.2, 0) is 0 Å². The largest absolute Gasteiger partial charge is 0.0614 e. The smallest absolute Gasteiger partial charge is 0.00926 e. The van der Waals surface area contributed by atoms with Crippen LogP contribution in [0.15, 0.2) is 121 Å². The molecular weight excluding hydrogens is 456 g/mol. The first-order valence-electron chi connectivity index (χ1n) is 13.3. The van der Waals surface area contributed by atoms with Gasteiger partial charge in [0, 0.05) is 0 Å². The molecular formula is C38H32. The van der Waals surface area contributed by atoms with Crippen LogP contribution in [-0.4, -0.2) is 0 Å². The van der Waals surface area contributed by atoms with Crippen molar-refractivity contribution in [1.29, 1.82) is 0 Å². The topological polar surface area (TPSA) is 0 Å². The van der Waals surface area contributed by atoms with Crippen molar-refractivity contribution in [3.8, 4) is 44.5 Å². The lowest BCUT2D eigenvalue weighted by Gasteiger charge is -2.17. The van der Waals surface area contributed by atoms with Gasteiger partial charge in [0.1, 0.15) is 0 Å². The van der Waals surface area contributed by atoms with Gasteiger partial charge in [-0.15, -0.1) is 0 Å². The molecule has 0 heterocycles. The van der Waals surface area contributed by atoms with Crippen molar-refractivity contribution < 1.29 is 0 Å². The Morgan fingerprint density at radius 3 is 1.05 bits per heavy atom. The monoisotopic (exact) mass is 488 g/mol. The van der Waals surface area contributed by atoms with Crippen molar-refractivity contribution in [3.05, 3.63) is 144 Å². The van der Waals surface area contributed by atoms with E-state index in [2.05, 4.69) is 149 Å². The number of rotatable bonds is 4. The average Bonchev–Trinajstić information content (AvgIpc) is 2.93. The third-order valence-corrected chi connectivity index (χ3v) is 7.50. The second-order valence-electron chi connectivity index (χ2n) is 10.6. The van der Waals surface area contributed by atoms with Gasteiger partial charge in [0.25, 0.3) is 0 Å². The van der Waals surface area contributed by atoms with E-state index in [0.717, 1.165) is 0 Å². The number of hydrogen-bond donors (Lipinski definition) is 0. The number of benzene rings is 6. The maximum Gasteiger partial charge on any atom is -0.00926 e. The molecule has 0 spiro atoms. The second kappa shape index (κ2) is 9.80. The molecule has 0 bridgehead atoms. The maximum atomic E-state index is 2.39. The minimum absolute atomic E-state index is 1.24. The first-order chi connectivity index (χ1) is 18.4. The van der Waals surface area contributed by atoms with Crippen molar-refractivity contribution in [2.45, 2.75) is 27.7 Å². The fourth-order valence-corrected chi connectivity index (χ4v) is 5.39. The van der Waals surface area contributed by atoms with Gasteiger partial charge in [0.15, 0.2) is 0 Å². The summed E-state index contributed by atoms with van der Waals surface area (Å²) < 4.78 is 0. The predicted molar refractivity (Wildman–Crippen MR) is 165 cm³/mol. The molecule has 0 aliphatic carbocycles. The number of aryl methyl sites for hydroxylation is 4. The van der Waals surface area contributed by atoms with Crippen LogP contribution in [0.1, 0.15) is 22.3 Å². The third-order valence-electron chi connectivity index (χ3n) is 7.50. The summed E-state index contributed by atoms with van der Waals surface area (Å²) in [5, 5.41) is 2.56. The zero-order chi connectivity index (χ0) is 26.2. The Balaban J connectivity index is 1.73. The summed E-state index contributed by atoms with van der Waals surface area (Å²) in [6.45, 7) is 8.63. The summed E-state index contributed by atoms with van der Waals surface area (Å²) >= 11 is 0. The molecule has 38 heavy (non-hydrogen) atoms. The summed E-state index contributed by atoms with van der Waals surface area (Å²) in [5.41, 5.74) is 15.1. The molecule has 0 fully saturated rings. The first-order valence-corrected chi connectivity index (χ1v) is 13.3.